The number of carbonyl (C=O) groups is 1. The molecular formula is C6H9N3O. The lowest BCUT2D eigenvalue weighted by molar-refractivity contribution is -0.126. The first-order valence-electron chi connectivity index (χ1n) is 2.99. The number of hydrogen-bond acceptors (Lipinski definition) is 2. The SMILES string of the molecule is N=C(N)CN1C=CCC1=O. The summed E-state index contributed by atoms with van der Waals surface area (Å²) in [6.45, 7) is 0.218. The Morgan fingerprint density at radius 2 is 2.60 bits per heavy atom. The van der Waals surface area contributed by atoms with E-state index in [9.17, 15) is 4.79 Å². The van der Waals surface area contributed by atoms with Gasteiger partial charge < -0.3 is 10.6 Å². The predicted octanol–water partition coefficient (Wildman–Crippen LogP) is -0.332. The Morgan fingerprint density at radius 1 is 1.90 bits per heavy atom. The van der Waals surface area contributed by atoms with Crippen molar-refractivity contribution in [3.8, 4) is 0 Å². The zero-order valence-corrected chi connectivity index (χ0v) is 5.50. The minimum absolute atomic E-state index is 0.00944. The molecule has 0 atom stereocenters. The summed E-state index contributed by atoms with van der Waals surface area (Å²) in [5.41, 5.74) is 5.09. The maximum atomic E-state index is 10.8. The molecule has 1 heterocycles. The summed E-state index contributed by atoms with van der Waals surface area (Å²) in [6, 6.07) is 0. The van der Waals surface area contributed by atoms with Crippen molar-refractivity contribution in [2.75, 3.05) is 6.54 Å². The standard InChI is InChI=1S/C6H9N3O/c7-5(8)4-9-3-1-2-6(9)10/h1,3H,2,4H2,(H3,7,8). The number of carbonyl (C=O) groups excluding carboxylic acids is 1. The van der Waals surface area contributed by atoms with Crippen LogP contribution in [0.25, 0.3) is 0 Å². The molecule has 0 radical (unpaired) electrons. The number of nitrogens with one attached hydrogen (secondary N) is 1. The Kier molecular flexibility index (Phi) is 1.71. The van der Waals surface area contributed by atoms with Gasteiger partial charge in [0, 0.05) is 12.6 Å². The topological polar surface area (TPSA) is 70.2 Å². The first-order chi connectivity index (χ1) is 4.70. The molecule has 1 amide bonds. The summed E-state index contributed by atoms with van der Waals surface area (Å²) in [6.07, 6.45) is 3.85. The van der Waals surface area contributed by atoms with Crippen molar-refractivity contribution in [3.05, 3.63) is 12.3 Å². The van der Waals surface area contributed by atoms with Gasteiger partial charge in [0.15, 0.2) is 0 Å². The van der Waals surface area contributed by atoms with E-state index < -0.39 is 0 Å². The summed E-state index contributed by atoms with van der Waals surface area (Å²) >= 11 is 0. The molecule has 0 saturated heterocycles. The van der Waals surface area contributed by atoms with E-state index in [4.69, 9.17) is 11.1 Å². The smallest absolute Gasteiger partial charge is 0.230 e. The molecule has 10 heavy (non-hydrogen) atoms. The summed E-state index contributed by atoms with van der Waals surface area (Å²) in [4.78, 5) is 12.3. The number of hydrogen-bond donors (Lipinski definition) is 2. The van der Waals surface area contributed by atoms with Crippen molar-refractivity contribution in [1.29, 1.82) is 5.41 Å². The van der Waals surface area contributed by atoms with E-state index in [2.05, 4.69) is 0 Å². The van der Waals surface area contributed by atoms with Gasteiger partial charge in [0.25, 0.3) is 0 Å². The first kappa shape index (κ1) is 6.80. The van der Waals surface area contributed by atoms with Gasteiger partial charge in [-0.25, -0.2) is 0 Å². The van der Waals surface area contributed by atoms with E-state index in [0.717, 1.165) is 0 Å². The van der Waals surface area contributed by atoms with Gasteiger partial charge in [-0.1, -0.05) is 6.08 Å². The maximum Gasteiger partial charge on any atom is 0.230 e. The average molecular weight is 139 g/mol. The van der Waals surface area contributed by atoms with Gasteiger partial charge in [-0.15, -0.1) is 0 Å². The zero-order valence-electron chi connectivity index (χ0n) is 5.50. The largest absolute Gasteiger partial charge is 0.386 e. The molecule has 0 aromatic carbocycles. The van der Waals surface area contributed by atoms with Crippen molar-refractivity contribution >= 4 is 11.7 Å². The zero-order chi connectivity index (χ0) is 7.56. The van der Waals surface area contributed by atoms with Gasteiger partial charge in [-0.2, -0.15) is 0 Å². The Bertz CT molecular complexity index is 197. The molecule has 0 saturated carbocycles. The molecule has 0 bridgehead atoms. The van der Waals surface area contributed by atoms with Crippen molar-refractivity contribution in [1.82, 2.24) is 4.90 Å². The third-order valence-electron chi connectivity index (χ3n) is 1.24. The Balaban J connectivity index is 2.48. The fourth-order valence-corrected chi connectivity index (χ4v) is 0.806. The monoisotopic (exact) mass is 139 g/mol. The van der Waals surface area contributed by atoms with Crippen LogP contribution in [0.3, 0.4) is 0 Å². The molecular weight excluding hydrogens is 130 g/mol. The van der Waals surface area contributed by atoms with Crippen LogP contribution in [0, 0.1) is 5.41 Å². The summed E-state index contributed by atoms with van der Waals surface area (Å²) < 4.78 is 0. The predicted molar refractivity (Wildman–Crippen MR) is 37.4 cm³/mol. The molecule has 1 aliphatic rings. The van der Waals surface area contributed by atoms with Gasteiger partial charge in [-0.3, -0.25) is 10.2 Å². The molecule has 3 N–H and O–H groups in total. The van der Waals surface area contributed by atoms with Crippen LogP contribution in [-0.4, -0.2) is 23.2 Å². The van der Waals surface area contributed by atoms with E-state index in [-0.39, 0.29) is 18.3 Å². The fourth-order valence-electron chi connectivity index (χ4n) is 0.806. The second kappa shape index (κ2) is 2.51. The Hall–Kier alpha value is -1.32. The van der Waals surface area contributed by atoms with Gasteiger partial charge in [0.2, 0.25) is 5.91 Å². The van der Waals surface area contributed by atoms with Crippen LogP contribution in [0.2, 0.25) is 0 Å². The third kappa shape index (κ3) is 1.34. The highest BCUT2D eigenvalue weighted by Crippen LogP contribution is 2.04. The number of nitrogens with two attached hydrogens (primary N) is 1. The van der Waals surface area contributed by atoms with Gasteiger partial charge in [0.1, 0.15) is 5.84 Å². The summed E-state index contributed by atoms with van der Waals surface area (Å²) in [7, 11) is 0. The van der Waals surface area contributed by atoms with E-state index >= 15 is 0 Å². The second-order valence-electron chi connectivity index (χ2n) is 2.14. The lowest BCUT2D eigenvalue weighted by Gasteiger charge is -2.10. The molecule has 4 heteroatoms. The minimum atomic E-state index is 0.00944. The van der Waals surface area contributed by atoms with Crippen LogP contribution in [0.1, 0.15) is 6.42 Å². The molecule has 0 aromatic rings. The fraction of sp³-hybridized carbons (Fsp3) is 0.333. The number of nitrogens with zero attached hydrogens (tertiary/aromatic N) is 1. The Labute approximate surface area is 58.8 Å². The maximum absolute atomic E-state index is 10.8. The molecule has 4 nitrogen and oxygen atoms in total. The molecule has 0 unspecified atom stereocenters. The van der Waals surface area contributed by atoms with E-state index in [1.54, 1.807) is 12.3 Å². The molecule has 54 valence electrons. The molecule has 1 rings (SSSR count). The van der Waals surface area contributed by atoms with Crippen molar-refractivity contribution in [2.24, 2.45) is 5.73 Å². The Morgan fingerprint density at radius 3 is 3.00 bits per heavy atom. The lowest BCUT2D eigenvalue weighted by Crippen LogP contribution is -2.31. The normalized spacial score (nSPS) is 16.4. The van der Waals surface area contributed by atoms with E-state index in [1.165, 1.54) is 4.90 Å². The molecule has 0 spiro atoms. The first-order valence-corrected chi connectivity index (χ1v) is 2.99. The summed E-state index contributed by atoms with van der Waals surface area (Å²) in [5.74, 6) is 0.0232. The number of amides is 1. The van der Waals surface area contributed by atoms with Crippen molar-refractivity contribution in [2.45, 2.75) is 6.42 Å². The third-order valence-corrected chi connectivity index (χ3v) is 1.24. The van der Waals surface area contributed by atoms with Gasteiger partial charge >= 0.3 is 0 Å². The van der Waals surface area contributed by atoms with Crippen LogP contribution in [0.4, 0.5) is 0 Å². The highest BCUT2D eigenvalue weighted by atomic mass is 16.2. The van der Waals surface area contributed by atoms with Crippen molar-refractivity contribution < 1.29 is 4.79 Å². The summed E-state index contributed by atoms with van der Waals surface area (Å²) in [5, 5.41) is 6.90. The molecule has 0 aromatic heterocycles. The number of rotatable bonds is 2. The quantitative estimate of drug-likeness (QED) is 0.406. The van der Waals surface area contributed by atoms with E-state index in [1.807, 2.05) is 0 Å². The van der Waals surface area contributed by atoms with Crippen molar-refractivity contribution in [3.63, 3.8) is 0 Å². The van der Waals surface area contributed by atoms with Crippen LogP contribution in [0.15, 0.2) is 12.3 Å². The highest BCUT2D eigenvalue weighted by Gasteiger charge is 2.14. The van der Waals surface area contributed by atoms with E-state index in [0.29, 0.717) is 6.42 Å². The minimum Gasteiger partial charge on any atom is -0.386 e. The molecule has 1 aliphatic heterocycles. The highest BCUT2D eigenvalue weighted by molar-refractivity contribution is 5.88. The van der Waals surface area contributed by atoms with Crippen LogP contribution in [0.5, 0.6) is 0 Å². The van der Waals surface area contributed by atoms with Gasteiger partial charge in [-0.05, 0) is 0 Å². The molecule has 0 aliphatic carbocycles. The average Bonchev–Trinajstić information content (AvgIpc) is 2.15. The second-order valence-corrected chi connectivity index (χ2v) is 2.14. The number of amidine groups is 1. The molecule has 0 fully saturated rings. The van der Waals surface area contributed by atoms with Crippen LogP contribution >= 0.6 is 0 Å². The lowest BCUT2D eigenvalue weighted by atomic mass is 10.4. The van der Waals surface area contributed by atoms with Crippen LogP contribution in [-0.2, 0) is 4.79 Å². The van der Waals surface area contributed by atoms with Gasteiger partial charge in [0.05, 0.1) is 6.54 Å². The van der Waals surface area contributed by atoms with Crippen LogP contribution < -0.4 is 5.73 Å².